The van der Waals surface area contributed by atoms with Crippen LogP contribution in [0.2, 0.25) is 0 Å². The number of methoxy groups -OCH3 is 1. The van der Waals surface area contributed by atoms with Gasteiger partial charge in [0.2, 0.25) is 0 Å². The molecule has 5 nitrogen and oxygen atoms in total. The number of rotatable bonds is 3. The first-order chi connectivity index (χ1) is 7.17. The topological polar surface area (TPSA) is 58.6 Å². The van der Waals surface area contributed by atoms with Crippen molar-refractivity contribution < 1.29 is 14.3 Å². The molecule has 0 saturated carbocycles. The fourth-order valence-electron chi connectivity index (χ4n) is 1.09. The highest BCUT2D eigenvalue weighted by molar-refractivity contribution is 5.81. The zero-order chi connectivity index (χ0) is 12.9. The van der Waals surface area contributed by atoms with Gasteiger partial charge >= 0.3 is 12.0 Å². The van der Waals surface area contributed by atoms with Gasteiger partial charge in [-0.15, -0.1) is 0 Å². The van der Waals surface area contributed by atoms with E-state index in [1.807, 2.05) is 34.6 Å². The van der Waals surface area contributed by atoms with Crippen molar-refractivity contribution >= 4 is 12.0 Å². The van der Waals surface area contributed by atoms with Crippen LogP contribution in [0, 0.1) is 0 Å². The fourth-order valence-corrected chi connectivity index (χ4v) is 1.09. The lowest BCUT2D eigenvalue weighted by atomic mass is 10.1. The van der Waals surface area contributed by atoms with Crippen LogP contribution < -0.4 is 5.32 Å². The van der Waals surface area contributed by atoms with Crippen LogP contribution in [0.15, 0.2) is 0 Å². The molecule has 0 spiro atoms. The van der Waals surface area contributed by atoms with Crippen molar-refractivity contribution in [3.63, 3.8) is 0 Å². The van der Waals surface area contributed by atoms with Crippen molar-refractivity contribution in [1.29, 1.82) is 0 Å². The maximum Gasteiger partial charge on any atom is 0.325 e. The molecule has 0 aliphatic rings. The molecule has 5 heteroatoms. The van der Waals surface area contributed by atoms with E-state index in [9.17, 15) is 9.59 Å². The molecule has 94 valence electrons. The second-order valence-electron chi connectivity index (χ2n) is 4.98. The Morgan fingerprint density at radius 3 is 2.12 bits per heavy atom. The first kappa shape index (κ1) is 14.7. The number of hydrogen-bond acceptors (Lipinski definition) is 3. The summed E-state index contributed by atoms with van der Waals surface area (Å²) in [5.41, 5.74) is -0.319. The largest absolute Gasteiger partial charge is 0.468 e. The average Bonchev–Trinajstić information content (AvgIpc) is 2.09. The van der Waals surface area contributed by atoms with Crippen molar-refractivity contribution in [3.8, 4) is 0 Å². The molecule has 0 unspecified atom stereocenters. The molecular formula is C11H22N2O3. The molecule has 0 fully saturated rings. The molecule has 0 heterocycles. The number of carbonyl (C=O) groups excluding carboxylic acids is 2. The number of nitrogens with zero attached hydrogens (tertiary/aromatic N) is 1. The highest BCUT2D eigenvalue weighted by atomic mass is 16.5. The third kappa shape index (κ3) is 5.58. The van der Waals surface area contributed by atoms with Crippen molar-refractivity contribution in [2.24, 2.45) is 0 Å². The molecule has 0 aromatic carbocycles. The number of nitrogens with one attached hydrogen (secondary N) is 1. The average molecular weight is 230 g/mol. The van der Waals surface area contributed by atoms with Gasteiger partial charge in [-0.05, 0) is 34.6 Å². The smallest absolute Gasteiger partial charge is 0.325 e. The minimum absolute atomic E-state index is 0.0317. The highest BCUT2D eigenvalue weighted by Gasteiger charge is 2.23. The number of amides is 2. The number of carbonyl (C=O) groups is 2. The van der Waals surface area contributed by atoms with E-state index >= 15 is 0 Å². The first-order valence-electron chi connectivity index (χ1n) is 5.33. The molecule has 0 radical (unpaired) electrons. The van der Waals surface area contributed by atoms with E-state index in [1.165, 1.54) is 12.0 Å². The van der Waals surface area contributed by atoms with E-state index in [2.05, 4.69) is 10.1 Å². The third-order valence-electron chi connectivity index (χ3n) is 1.89. The van der Waals surface area contributed by atoms with Gasteiger partial charge in [-0.3, -0.25) is 4.79 Å². The van der Waals surface area contributed by atoms with Gasteiger partial charge in [0.05, 0.1) is 7.11 Å². The minimum Gasteiger partial charge on any atom is -0.468 e. The molecule has 0 atom stereocenters. The van der Waals surface area contributed by atoms with Crippen LogP contribution in [-0.4, -0.2) is 42.1 Å². The van der Waals surface area contributed by atoms with Crippen LogP contribution in [-0.2, 0) is 9.53 Å². The standard InChI is InChI=1S/C11H22N2O3/c1-8(2)13(7-9(14)16-6)10(15)12-11(3,4)5/h8H,7H2,1-6H3,(H,12,15). The summed E-state index contributed by atoms with van der Waals surface area (Å²) in [7, 11) is 1.31. The lowest BCUT2D eigenvalue weighted by Gasteiger charge is -2.30. The van der Waals surface area contributed by atoms with Gasteiger partial charge < -0.3 is 15.0 Å². The third-order valence-corrected chi connectivity index (χ3v) is 1.89. The van der Waals surface area contributed by atoms with Gasteiger partial charge in [-0.25, -0.2) is 4.79 Å². The summed E-state index contributed by atoms with van der Waals surface area (Å²) >= 11 is 0. The summed E-state index contributed by atoms with van der Waals surface area (Å²) < 4.78 is 4.55. The Kier molecular flexibility index (Phi) is 5.27. The molecule has 1 N–H and O–H groups in total. The first-order valence-corrected chi connectivity index (χ1v) is 5.33. The Labute approximate surface area is 97.1 Å². The molecule has 0 aromatic heterocycles. The maximum absolute atomic E-state index is 11.9. The van der Waals surface area contributed by atoms with Crippen LogP contribution in [0.5, 0.6) is 0 Å². The predicted octanol–water partition coefficient (Wildman–Crippen LogP) is 1.38. The van der Waals surface area contributed by atoms with Crippen LogP contribution in [0.25, 0.3) is 0 Å². The van der Waals surface area contributed by atoms with Crippen molar-refractivity contribution in [1.82, 2.24) is 10.2 Å². The van der Waals surface area contributed by atoms with Crippen LogP contribution in [0.3, 0.4) is 0 Å². The normalized spacial score (nSPS) is 11.2. The van der Waals surface area contributed by atoms with Crippen molar-refractivity contribution in [2.45, 2.75) is 46.2 Å². The Hall–Kier alpha value is -1.26. The molecule has 2 amide bonds. The molecule has 0 saturated heterocycles. The van der Waals surface area contributed by atoms with Crippen LogP contribution >= 0.6 is 0 Å². The molecular weight excluding hydrogens is 208 g/mol. The van der Waals surface area contributed by atoms with E-state index in [-0.39, 0.29) is 24.2 Å². The summed E-state index contributed by atoms with van der Waals surface area (Å²) in [5, 5.41) is 2.81. The molecule has 0 aliphatic heterocycles. The summed E-state index contributed by atoms with van der Waals surface area (Å²) in [6, 6.07) is -0.311. The monoisotopic (exact) mass is 230 g/mol. The minimum atomic E-state index is -0.419. The van der Waals surface area contributed by atoms with Gasteiger partial charge in [0.25, 0.3) is 0 Å². The van der Waals surface area contributed by atoms with Gasteiger partial charge in [-0.2, -0.15) is 0 Å². The second kappa shape index (κ2) is 5.72. The lowest BCUT2D eigenvalue weighted by Crippen LogP contribution is -2.52. The summed E-state index contributed by atoms with van der Waals surface area (Å²) in [6.07, 6.45) is 0. The van der Waals surface area contributed by atoms with Crippen LogP contribution in [0.4, 0.5) is 4.79 Å². The SMILES string of the molecule is COC(=O)CN(C(=O)NC(C)(C)C)C(C)C. The Balaban J connectivity index is 4.54. The Morgan fingerprint density at radius 1 is 1.31 bits per heavy atom. The van der Waals surface area contributed by atoms with E-state index in [4.69, 9.17) is 0 Å². The maximum atomic E-state index is 11.9. The zero-order valence-electron chi connectivity index (χ0n) is 11.0. The van der Waals surface area contributed by atoms with E-state index in [0.717, 1.165) is 0 Å². The fraction of sp³-hybridized carbons (Fsp3) is 0.818. The lowest BCUT2D eigenvalue weighted by molar-refractivity contribution is -0.141. The number of hydrogen-bond donors (Lipinski definition) is 1. The summed E-state index contributed by atoms with van der Waals surface area (Å²) in [4.78, 5) is 24.5. The molecule has 16 heavy (non-hydrogen) atoms. The summed E-state index contributed by atoms with van der Waals surface area (Å²) in [6.45, 7) is 9.34. The second-order valence-corrected chi connectivity index (χ2v) is 4.98. The molecule has 0 rings (SSSR count). The van der Waals surface area contributed by atoms with Crippen LogP contribution in [0.1, 0.15) is 34.6 Å². The number of esters is 1. The molecule has 0 bridgehead atoms. The van der Waals surface area contributed by atoms with Crippen molar-refractivity contribution in [2.75, 3.05) is 13.7 Å². The Morgan fingerprint density at radius 2 is 1.81 bits per heavy atom. The van der Waals surface area contributed by atoms with E-state index in [1.54, 1.807) is 0 Å². The predicted molar refractivity (Wildman–Crippen MR) is 62.1 cm³/mol. The van der Waals surface area contributed by atoms with Gasteiger partial charge in [0.15, 0.2) is 0 Å². The number of urea groups is 1. The molecule has 0 aromatic rings. The van der Waals surface area contributed by atoms with Gasteiger partial charge in [-0.1, -0.05) is 0 Å². The number of ether oxygens (including phenoxy) is 1. The molecule has 0 aliphatic carbocycles. The van der Waals surface area contributed by atoms with Gasteiger partial charge in [0.1, 0.15) is 6.54 Å². The van der Waals surface area contributed by atoms with Crippen molar-refractivity contribution in [3.05, 3.63) is 0 Å². The van der Waals surface area contributed by atoms with E-state index in [0.29, 0.717) is 0 Å². The van der Waals surface area contributed by atoms with E-state index < -0.39 is 5.97 Å². The zero-order valence-corrected chi connectivity index (χ0v) is 11.0. The Bertz CT molecular complexity index is 256. The summed E-state index contributed by atoms with van der Waals surface area (Å²) in [5.74, 6) is -0.419. The van der Waals surface area contributed by atoms with Gasteiger partial charge in [0, 0.05) is 11.6 Å². The highest BCUT2D eigenvalue weighted by Crippen LogP contribution is 2.04. The quantitative estimate of drug-likeness (QED) is 0.745.